The van der Waals surface area contributed by atoms with E-state index in [1.807, 2.05) is 0 Å². The molecule has 0 bridgehead atoms. The maximum absolute atomic E-state index is 12.5. The third-order valence-corrected chi connectivity index (χ3v) is 5.48. The lowest BCUT2D eigenvalue weighted by molar-refractivity contribution is -0.122. The van der Waals surface area contributed by atoms with Gasteiger partial charge in [-0.3, -0.25) is 14.5 Å². The first kappa shape index (κ1) is 23.6. The predicted octanol–water partition coefficient (Wildman–Crippen LogP) is 1.89. The number of rotatable bonds is 8. The number of methoxy groups -OCH3 is 1. The third kappa shape index (κ3) is 6.42. The summed E-state index contributed by atoms with van der Waals surface area (Å²) < 4.78 is 27.8. The lowest BCUT2D eigenvalue weighted by atomic mass is 10.2. The number of hydrogen-bond acceptors (Lipinski definition) is 6. The predicted molar refractivity (Wildman–Crippen MR) is 115 cm³/mol. The van der Waals surface area contributed by atoms with Crippen molar-refractivity contribution >= 4 is 44.8 Å². The average molecular weight is 455 g/mol. The Hall–Kier alpha value is -2.66. The first-order valence-corrected chi connectivity index (χ1v) is 10.7. The summed E-state index contributed by atoms with van der Waals surface area (Å²) in [6, 6.07) is 9.67. The molecule has 30 heavy (non-hydrogen) atoms. The van der Waals surface area contributed by atoms with Gasteiger partial charge < -0.3 is 15.4 Å². The van der Waals surface area contributed by atoms with Crippen LogP contribution in [0, 0.1) is 0 Å². The number of benzene rings is 2. The molecule has 11 heteroatoms. The molecule has 0 unspecified atom stereocenters. The zero-order chi connectivity index (χ0) is 22.5. The van der Waals surface area contributed by atoms with Crippen molar-refractivity contribution in [3.63, 3.8) is 0 Å². The molecule has 0 saturated carbocycles. The molecule has 2 aromatic rings. The summed E-state index contributed by atoms with van der Waals surface area (Å²) in [5.41, 5.74) is 0.830. The first-order chi connectivity index (χ1) is 14.0. The van der Waals surface area contributed by atoms with Crippen LogP contribution in [-0.2, 0) is 19.6 Å². The van der Waals surface area contributed by atoms with Crippen LogP contribution in [0.2, 0.25) is 5.02 Å². The Balaban J connectivity index is 1.96. The van der Waals surface area contributed by atoms with E-state index in [1.54, 1.807) is 37.1 Å². The van der Waals surface area contributed by atoms with E-state index >= 15 is 0 Å². The van der Waals surface area contributed by atoms with Crippen molar-refractivity contribution in [3.05, 3.63) is 47.5 Å². The molecule has 9 nitrogen and oxygen atoms in total. The van der Waals surface area contributed by atoms with Crippen molar-refractivity contribution in [2.24, 2.45) is 5.14 Å². The normalized spacial score (nSPS) is 12.3. The summed E-state index contributed by atoms with van der Waals surface area (Å²) in [5, 5.41) is 10.9. The SMILES string of the molecule is COc1ccc(Cl)cc1NC(=O)CN(C)[C@@H](C)C(=O)Nc1ccc(S(N)(=O)=O)cc1. The molecule has 2 amide bonds. The fourth-order valence-corrected chi connectivity index (χ4v) is 3.19. The maximum Gasteiger partial charge on any atom is 0.241 e. The molecular weight excluding hydrogens is 432 g/mol. The van der Waals surface area contributed by atoms with Crippen molar-refractivity contribution in [2.45, 2.75) is 17.9 Å². The van der Waals surface area contributed by atoms with Crippen LogP contribution in [0.5, 0.6) is 5.75 Å². The highest BCUT2D eigenvalue weighted by atomic mass is 35.5. The van der Waals surface area contributed by atoms with Gasteiger partial charge in [-0.25, -0.2) is 13.6 Å². The van der Waals surface area contributed by atoms with Crippen molar-refractivity contribution in [1.82, 2.24) is 4.90 Å². The quantitative estimate of drug-likeness (QED) is 0.558. The summed E-state index contributed by atoms with van der Waals surface area (Å²) in [7, 11) is -0.700. The lowest BCUT2D eigenvalue weighted by Crippen LogP contribution is -2.43. The molecule has 0 aliphatic rings. The number of amides is 2. The van der Waals surface area contributed by atoms with Gasteiger partial charge >= 0.3 is 0 Å². The molecule has 0 spiro atoms. The van der Waals surface area contributed by atoms with Crippen LogP contribution in [0.3, 0.4) is 0 Å². The Morgan fingerprint density at radius 2 is 1.80 bits per heavy atom. The second-order valence-electron chi connectivity index (χ2n) is 6.54. The second kappa shape index (κ2) is 9.90. The molecule has 0 aliphatic heterocycles. The number of anilines is 2. The fraction of sp³-hybridized carbons (Fsp3) is 0.263. The van der Waals surface area contributed by atoms with Crippen molar-refractivity contribution in [3.8, 4) is 5.75 Å². The number of carbonyl (C=O) groups is 2. The van der Waals surface area contributed by atoms with Gasteiger partial charge in [0, 0.05) is 10.7 Å². The Bertz CT molecular complexity index is 1030. The Morgan fingerprint density at radius 3 is 2.37 bits per heavy atom. The van der Waals surface area contributed by atoms with Crippen LogP contribution < -0.4 is 20.5 Å². The molecular formula is C19H23ClN4O5S. The van der Waals surface area contributed by atoms with Gasteiger partial charge in [-0.1, -0.05) is 11.6 Å². The average Bonchev–Trinajstić information content (AvgIpc) is 2.67. The van der Waals surface area contributed by atoms with E-state index in [9.17, 15) is 18.0 Å². The van der Waals surface area contributed by atoms with Crippen molar-refractivity contribution in [2.75, 3.05) is 31.3 Å². The van der Waals surface area contributed by atoms with E-state index in [1.165, 1.54) is 31.4 Å². The first-order valence-electron chi connectivity index (χ1n) is 8.78. The maximum atomic E-state index is 12.5. The summed E-state index contributed by atoms with van der Waals surface area (Å²) in [6.07, 6.45) is 0. The molecule has 0 aliphatic carbocycles. The number of nitrogens with one attached hydrogen (secondary N) is 2. The molecule has 1 atom stereocenters. The van der Waals surface area contributed by atoms with Gasteiger partial charge in [-0.2, -0.15) is 0 Å². The second-order valence-corrected chi connectivity index (χ2v) is 8.54. The van der Waals surface area contributed by atoms with Gasteiger partial charge in [-0.15, -0.1) is 0 Å². The minimum Gasteiger partial charge on any atom is -0.495 e. The summed E-state index contributed by atoms with van der Waals surface area (Å²) in [4.78, 5) is 26.3. The van der Waals surface area contributed by atoms with Crippen molar-refractivity contribution < 1.29 is 22.7 Å². The van der Waals surface area contributed by atoms with Crippen LogP contribution in [0.4, 0.5) is 11.4 Å². The minimum absolute atomic E-state index is 0.0567. The standard InChI is InChI=1S/C19H23ClN4O5S/c1-12(19(26)22-14-5-7-15(8-6-14)30(21,27)28)24(2)11-18(25)23-16-10-13(20)4-9-17(16)29-3/h4-10,12H,11H2,1-3H3,(H,22,26)(H,23,25)(H2,21,27,28)/t12-/m0/s1. The largest absolute Gasteiger partial charge is 0.495 e. The number of ether oxygens (including phenoxy) is 1. The van der Waals surface area contributed by atoms with Crippen LogP contribution in [0.1, 0.15) is 6.92 Å². The molecule has 4 N–H and O–H groups in total. The topological polar surface area (TPSA) is 131 Å². The number of nitrogens with zero attached hydrogens (tertiary/aromatic N) is 1. The molecule has 0 radical (unpaired) electrons. The minimum atomic E-state index is -3.81. The Labute approximate surface area is 180 Å². The number of likely N-dealkylation sites (N-methyl/N-ethyl adjacent to an activating group) is 1. The van der Waals surface area contributed by atoms with E-state index in [4.69, 9.17) is 21.5 Å². The van der Waals surface area contributed by atoms with E-state index < -0.39 is 16.1 Å². The number of sulfonamides is 1. The Kier molecular flexibility index (Phi) is 7.79. The van der Waals surface area contributed by atoms with Gasteiger partial charge in [0.25, 0.3) is 0 Å². The lowest BCUT2D eigenvalue weighted by Gasteiger charge is -2.23. The molecule has 0 saturated heterocycles. The summed E-state index contributed by atoms with van der Waals surface area (Å²) in [5.74, 6) is -0.256. The summed E-state index contributed by atoms with van der Waals surface area (Å²) in [6.45, 7) is 1.58. The van der Waals surface area contributed by atoms with Gasteiger partial charge in [0.05, 0.1) is 30.3 Å². The van der Waals surface area contributed by atoms with Gasteiger partial charge in [0.1, 0.15) is 5.75 Å². The smallest absolute Gasteiger partial charge is 0.241 e. The van der Waals surface area contributed by atoms with Crippen LogP contribution in [-0.4, -0.2) is 51.9 Å². The fourth-order valence-electron chi connectivity index (χ4n) is 2.51. The van der Waals surface area contributed by atoms with Crippen molar-refractivity contribution in [1.29, 1.82) is 0 Å². The summed E-state index contributed by atoms with van der Waals surface area (Å²) >= 11 is 5.96. The van der Waals surface area contributed by atoms with Crippen LogP contribution in [0.25, 0.3) is 0 Å². The van der Waals surface area contributed by atoms with Gasteiger partial charge in [0.2, 0.25) is 21.8 Å². The molecule has 0 aromatic heterocycles. The third-order valence-electron chi connectivity index (χ3n) is 4.32. The number of primary sulfonamides is 1. The number of halogens is 1. The number of carbonyl (C=O) groups excluding carboxylic acids is 2. The number of hydrogen-bond donors (Lipinski definition) is 3. The van der Waals surface area contributed by atoms with E-state index in [-0.39, 0.29) is 23.3 Å². The van der Waals surface area contributed by atoms with E-state index in [0.717, 1.165) is 0 Å². The molecule has 2 aromatic carbocycles. The van der Waals surface area contributed by atoms with E-state index in [0.29, 0.717) is 22.1 Å². The zero-order valence-corrected chi connectivity index (χ0v) is 18.3. The highest BCUT2D eigenvalue weighted by Crippen LogP contribution is 2.27. The van der Waals surface area contributed by atoms with Crippen LogP contribution >= 0.6 is 11.6 Å². The van der Waals surface area contributed by atoms with Gasteiger partial charge in [-0.05, 0) is 56.4 Å². The van der Waals surface area contributed by atoms with Crippen LogP contribution in [0.15, 0.2) is 47.4 Å². The molecule has 0 fully saturated rings. The molecule has 2 rings (SSSR count). The zero-order valence-electron chi connectivity index (χ0n) is 16.7. The highest BCUT2D eigenvalue weighted by molar-refractivity contribution is 7.89. The molecule has 162 valence electrons. The monoisotopic (exact) mass is 454 g/mol. The number of nitrogens with two attached hydrogens (primary N) is 1. The highest BCUT2D eigenvalue weighted by Gasteiger charge is 2.21. The van der Waals surface area contributed by atoms with Gasteiger partial charge in [0.15, 0.2) is 0 Å². The molecule has 0 heterocycles. The van der Waals surface area contributed by atoms with E-state index in [2.05, 4.69) is 10.6 Å². The Morgan fingerprint density at radius 1 is 1.17 bits per heavy atom.